The molecule has 0 aliphatic carbocycles. The van der Waals surface area contributed by atoms with Gasteiger partial charge in [-0.2, -0.15) is 0 Å². The van der Waals surface area contributed by atoms with Crippen LogP contribution in [0.15, 0.2) is 58.8 Å². The number of aromatic nitrogens is 2. The summed E-state index contributed by atoms with van der Waals surface area (Å²) < 4.78 is 0. The van der Waals surface area contributed by atoms with Crippen LogP contribution in [0.25, 0.3) is 0 Å². The van der Waals surface area contributed by atoms with Crippen LogP contribution in [-0.2, 0) is 16.0 Å². The second kappa shape index (κ2) is 13.7. The lowest BCUT2D eigenvalue weighted by atomic mass is 10.0. The zero-order valence-electron chi connectivity index (χ0n) is 22.1. The lowest BCUT2D eigenvalue weighted by Crippen LogP contribution is -2.54. The molecule has 3 atom stereocenters. The first-order valence-electron chi connectivity index (χ1n) is 13.2. The first-order chi connectivity index (χ1) is 19.3. The van der Waals surface area contributed by atoms with E-state index in [9.17, 15) is 24.0 Å². The van der Waals surface area contributed by atoms with Gasteiger partial charge in [-0.1, -0.05) is 37.3 Å². The number of thiazole rings is 1. The minimum atomic E-state index is -0.927. The number of carbonyl (C=O) groups is 4. The molecule has 4 rings (SSSR count). The summed E-state index contributed by atoms with van der Waals surface area (Å²) in [6, 6.07) is 9.91. The van der Waals surface area contributed by atoms with Crippen molar-refractivity contribution < 1.29 is 19.2 Å². The van der Waals surface area contributed by atoms with E-state index < -0.39 is 35.8 Å². The van der Waals surface area contributed by atoms with Gasteiger partial charge >= 0.3 is 0 Å². The summed E-state index contributed by atoms with van der Waals surface area (Å²) in [5.41, 5.74) is 1.11. The van der Waals surface area contributed by atoms with Gasteiger partial charge in [-0.15, -0.1) is 11.3 Å². The first kappa shape index (κ1) is 28.7. The maximum atomic E-state index is 13.4. The average molecular weight is 565 g/mol. The smallest absolute Gasteiger partial charge is 0.270 e. The van der Waals surface area contributed by atoms with Crippen LogP contribution in [0.5, 0.6) is 0 Å². The van der Waals surface area contributed by atoms with E-state index in [-0.39, 0.29) is 29.1 Å². The largest absolute Gasteiger partial charge is 0.351 e. The van der Waals surface area contributed by atoms with E-state index in [0.29, 0.717) is 37.2 Å². The van der Waals surface area contributed by atoms with E-state index in [1.54, 1.807) is 12.3 Å². The maximum absolute atomic E-state index is 13.4. The molecule has 4 amide bonds. The number of hydrogen-bond acceptors (Lipinski definition) is 7. The predicted molar refractivity (Wildman–Crippen MR) is 150 cm³/mol. The van der Waals surface area contributed by atoms with Crippen molar-refractivity contribution >= 4 is 35.0 Å². The number of rotatable bonds is 5. The number of H-pyrrole nitrogens is 1. The van der Waals surface area contributed by atoms with Gasteiger partial charge in [0.25, 0.3) is 11.8 Å². The molecule has 1 aliphatic heterocycles. The molecular formula is C28H32N6O5S. The highest BCUT2D eigenvalue weighted by Crippen LogP contribution is 2.23. The fourth-order valence-electron chi connectivity index (χ4n) is 4.33. The monoisotopic (exact) mass is 564 g/mol. The van der Waals surface area contributed by atoms with Gasteiger partial charge in [0.15, 0.2) is 0 Å². The number of fused-ring (bicyclic) bond motifs is 2. The van der Waals surface area contributed by atoms with Crippen molar-refractivity contribution in [3.8, 4) is 0 Å². The van der Waals surface area contributed by atoms with Gasteiger partial charge in [0.05, 0.1) is 11.6 Å². The highest BCUT2D eigenvalue weighted by atomic mass is 32.1. The standard InChI is InChI=1S/C28H32N6O5S/c1-2-19-26(38)33-21(14-17-8-4-3-5-9-17)28-34-22(16-40-28)25(37)29-13-7-6-10-20(27(39)31-19)32-24(36)18-11-12-23(35)30-15-18/h3-5,8-9,11-12,15-16,19-21H,2,6-7,10,13-14H2,1H3,(H,29,37)(H,30,35)(H,31,39)(H,32,36)(H,33,38)/t19-,20+,21+/m1/s1. The minimum Gasteiger partial charge on any atom is -0.351 e. The molecular weight excluding hydrogens is 532 g/mol. The summed E-state index contributed by atoms with van der Waals surface area (Å²) in [4.78, 5) is 70.6. The number of pyridine rings is 1. The van der Waals surface area contributed by atoms with Gasteiger partial charge in [-0.25, -0.2) is 4.98 Å². The lowest BCUT2D eigenvalue weighted by Gasteiger charge is -2.25. The van der Waals surface area contributed by atoms with Gasteiger partial charge in [0.1, 0.15) is 22.8 Å². The maximum Gasteiger partial charge on any atom is 0.270 e. The summed E-state index contributed by atoms with van der Waals surface area (Å²) in [5, 5.41) is 13.6. The van der Waals surface area contributed by atoms with Crippen molar-refractivity contribution in [1.82, 2.24) is 31.2 Å². The molecule has 0 unspecified atom stereocenters. The Morgan fingerprint density at radius 2 is 1.77 bits per heavy atom. The Morgan fingerprint density at radius 3 is 2.50 bits per heavy atom. The van der Waals surface area contributed by atoms with Gasteiger partial charge in [0.2, 0.25) is 17.4 Å². The molecule has 40 heavy (non-hydrogen) atoms. The third-order valence-electron chi connectivity index (χ3n) is 6.57. The molecule has 0 saturated carbocycles. The van der Waals surface area contributed by atoms with Gasteiger partial charge in [-0.3, -0.25) is 24.0 Å². The number of benzene rings is 1. The predicted octanol–water partition coefficient (Wildman–Crippen LogP) is 1.84. The van der Waals surface area contributed by atoms with E-state index in [0.717, 1.165) is 5.56 Å². The van der Waals surface area contributed by atoms with E-state index in [4.69, 9.17) is 0 Å². The fourth-order valence-corrected chi connectivity index (χ4v) is 5.18. The topological polar surface area (TPSA) is 162 Å². The molecule has 12 heteroatoms. The second-order valence-electron chi connectivity index (χ2n) is 9.51. The normalized spacial score (nSPS) is 20.6. The van der Waals surface area contributed by atoms with Crippen LogP contribution < -0.4 is 26.8 Å². The highest BCUT2D eigenvalue weighted by molar-refractivity contribution is 7.09. The molecule has 1 aromatic carbocycles. The molecule has 0 saturated heterocycles. The molecule has 3 aromatic rings. The Bertz CT molecular complexity index is 1380. The summed E-state index contributed by atoms with van der Waals surface area (Å²) in [6.07, 6.45) is 3.42. The number of carbonyl (C=O) groups excluding carboxylic acids is 4. The molecule has 1 aliphatic rings. The van der Waals surface area contributed by atoms with Crippen LogP contribution in [-0.4, -0.2) is 52.2 Å². The molecule has 2 bridgehead atoms. The Morgan fingerprint density at radius 1 is 1.00 bits per heavy atom. The molecule has 210 valence electrons. The van der Waals surface area contributed by atoms with E-state index in [1.807, 2.05) is 30.3 Å². The summed E-state index contributed by atoms with van der Waals surface area (Å²) in [6.45, 7) is 2.16. The molecule has 0 radical (unpaired) electrons. The van der Waals surface area contributed by atoms with Crippen LogP contribution in [0, 0.1) is 0 Å². The Hall–Kier alpha value is -4.32. The molecule has 2 aromatic heterocycles. The fraction of sp³-hybridized carbons (Fsp3) is 0.357. The molecule has 3 heterocycles. The van der Waals surface area contributed by atoms with Crippen molar-refractivity contribution in [3.63, 3.8) is 0 Å². The van der Waals surface area contributed by atoms with Gasteiger partial charge < -0.3 is 26.3 Å². The third-order valence-corrected chi connectivity index (χ3v) is 7.52. The average Bonchev–Trinajstić information content (AvgIpc) is 3.45. The van der Waals surface area contributed by atoms with Crippen LogP contribution in [0.1, 0.15) is 70.1 Å². The SMILES string of the molecule is CC[C@H]1NC(=O)[C@@H](NC(=O)c2ccc(=O)[nH]c2)CCCCNC(=O)c2csc(n2)[C@H](Cc2ccccc2)NC1=O. The number of nitrogens with zero attached hydrogens (tertiary/aromatic N) is 1. The minimum absolute atomic E-state index is 0.197. The van der Waals surface area contributed by atoms with Gasteiger partial charge in [-0.05, 0) is 43.7 Å². The summed E-state index contributed by atoms with van der Waals surface area (Å²) in [7, 11) is 0. The van der Waals surface area contributed by atoms with Crippen molar-refractivity contribution in [2.45, 2.75) is 57.2 Å². The zero-order valence-corrected chi connectivity index (χ0v) is 22.9. The van der Waals surface area contributed by atoms with Crippen molar-refractivity contribution in [3.05, 3.63) is 86.2 Å². The van der Waals surface area contributed by atoms with Crippen LogP contribution in [0.3, 0.4) is 0 Å². The quantitative estimate of drug-likeness (QED) is 0.318. The van der Waals surface area contributed by atoms with E-state index in [1.165, 1.54) is 29.7 Å². The summed E-state index contributed by atoms with van der Waals surface area (Å²) in [5.74, 6) is -1.73. The number of nitrogens with one attached hydrogen (secondary N) is 5. The zero-order chi connectivity index (χ0) is 28.5. The number of amides is 4. The lowest BCUT2D eigenvalue weighted by molar-refractivity contribution is -0.130. The Kier molecular flexibility index (Phi) is 9.79. The highest BCUT2D eigenvalue weighted by Gasteiger charge is 2.29. The van der Waals surface area contributed by atoms with Crippen molar-refractivity contribution in [2.75, 3.05) is 6.54 Å². The third kappa shape index (κ3) is 7.63. The number of hydrogen-bond donors (Lipinski definition) is 5. The van der Waals surface area contributed by atoms with Crippen LogP contribution in [0.2, 0.25) is 0 Å². The van der Waals surface area contributed by atoms with Crippen molar-refractivity contribution in [1.29, 1.82) is 0 Å². The molecule has 0 fully saturated rings. The van der Waals surface area contributed by atoms with Gasteiger partial charge in [0, 0.05) is 24.2 Å². The Labute approximate surface area is 235 Å². The van der Waals surface area contributed by atoms with E-state index in [2.05, 4.69) is 31.2 Å². The molecule has 11 nitrogen and oxygen atoms in total. The number of aromatic amines is 1. The second-order valence-corrected chi connectivity index (χ2v) is 10.4. The van der Waals surface area contributed by atoms with E-state index >= 15 is 0 Å². The van der Waals surface area contributed by atoms with Crippen LogP contribution in [0.4, 0.5) is 0 Å². The van der Waals surface area contributed by atoms with Crippen LogP contribution >= 0.6 is 11.3 Å². The first-order valence-corrected chi connectivity index (χ1v) is 14.1. The summed E-state index contributed by atoms with van der Waals surface area (Å²) >= 11 is 1.29. The molecule has 5 N–H and O–H groups in total. The Balaban J connectivity index is 1.57. The van der Waals surface area contributed by atoms with Crippen molar-refractivity contribution in [2.24, 2.45) is 0 Å². The molecule has 0 spiro atoms.